The molecule has 1 amide bonds. The Morgan fingerprint density at radius 2 is 2.14 bits per heavy atom. The van der Waals surface area contributed by atoms with Crippen molar-refractivity contribution in [2.24, 2.45) is 23.2 Å². The summed E-state index contributed by atoms with van der Waals surface area (Å²) in [7, 11) is 0. The van der Waals surface area contributed by atoms with Crippen LogP contribution < -0.4 is 5.32 Å². The molecular formula is C17H19NO3. The summed E-state index contributed by atoms with van der Waals surface area (Å²) in [6, 6.07) is 9.55. The second-order valence-electron chi connectivity index (χ2n) is 6.71. The SMILES string of the molecule is O=C1[C@H]2C[C@H]3[C@@H]1[C@@]3(C(=O)N[C@@H](CO)Cc1ccccc1)C2. The lowest BCUT2D eigenvalue weighted by molar-refractivity contribution is -0.128. The van der Waals surface area contributed by atoms with Crippen LogP contribution in [0.4, 0.5) is 0 Å². The third-order valence-electron chi connectivity index (χ3n) is 5.64. The second kappa shape index (κ2) is 4.41. The number of carbonyl (C=O) groups excluding carboxylic acids is 2. The first kappa shape index (κ1) is 13.0. The number of aliphatic hydroxyl groups excluding tert-OH is 1. The van der Waals surface area contributed by atoms with Gasteiger partial charge in [-0.05, 0) is 30.7 Å². The van der Waals surface area contributed by atoms with Gasteiger partial charge in [-0.25, -0.2) is 0 Å². The Bertz CT molecular complexity index is 599. The molecule has 21 heavy (non-hydrogen) atoms. The minimum atomic E-state index is -0.411. The highest BCUT2D eigenvalue weighted by atomic mass is 16.3. The molecular weight excluding hydrogens is 266 g/mol. The Labute approximate surface area is 123 Å². The summed E-state index contributed by atoms with van der Waals surface area (Å²) in [5.41, 5.74) is 0.680. The average Bonchev–Trinajstić information content (AvgIpc) is 2.79. The molecule has 1 aromatic carbocycles. The lowest BCUT2D eigenvalue weighted by Gasteiger charge is -2.20. The number of Topliss-reactive ketones (excluding diaryl/α,β-unsaturated/α-hetero) is 1. The number of aliphatic hydroxyl groups is 1. The number of carbonyl (C=O) groups is 2. The summed E-state index contributed by atoms with van der Waals surface area (Å²) in [5.74, 6) is 0.691. The van der Waals surface area contributed by atoms with Gasteiger partial charge in [0, 0.05) is 11.8 Å². The molecule has 4 heteroatoms. The van der Waals surface area contributed by atoms with Gasteiger partial charge in [0.2, 0.25) is 5.91 Å². The predicted octanol–water partition coefficient (Wildman–Crippen LogP) is 0.931. The van der Waals surface area contributed by atoms with Crippen molar-refractivity contribution in [3.63, 3.8) is 0 Å². The zero-order valence-electron chi connectivity index (χ0n) is 11.8. The van der Waals surface area contributed by atoms with Crippen LogP contribution in [0.25, 0.3) is 0 Å². The summed E-state index contributed by atoms with van der Waals surface area (Å²) in [6.07, 6.45) is 2.25. The van der Waals surface area contributed by atoms with Crippen LogP contribution in [0.5, 0.6) is 0 Å². The van der Waals surface area contributed by atoms with Crippen molar-refractivity contribution in [1.82, 2.24) is 5.32 Å². The molecule has 4 nitrogen and oxygen atoms in total. The molecule has 1 aromatic rings. The van der Waals surface area contributed by atoms with Gasteiger partial charge in [-0.15, -0.1) is 0 Å². The van der Waals surface area contributed by atoms with Crippen molar-refractivity contribution in [2.75, 3.05) is 6.61 Å². The van der Waals surface area contributed by atoms with Gasteiger partial charge in [0.15, 0.2) is 0 Å². The first-order valence-electron chi connectivity index (χ1n) is 7.66. The molecule has 0 aliphatic heterocycles. The van der Waals surface area contributed by atoms with Crippen LogP contribution in [0.2, 0.25) is 0 Å². The highest BCUT2D eigenvalue weighted by Gasteiger charge is 2.82. The molecule has 4 aliphatic carbocycles. The van der Waals surface area contributed by atoms with Gasteiger partial charge < -0.3 is 10.4 Å². The lowest BCUT2D eigenvalue weighted by Crippen LogP contribution is -2.43. The highest BCUT2D eigenvalue weighted by molar-refractivity contribution is 6.04. The van der Waals surface area contributed by atoms with Crippen LogP contribution in [-0.2, 0) is 16.0 Å². The van der Waals surface area contributed by atoms with Crippen molar-refractivity contribution in [3.8, 4) is 0 Å². The van der Waals surface area contributed by atoms with Gasteiger partial charge in [0.25, 0.3) is 0 Å². The van der Waals surface area contributed by atoms with Crippen molar-refractivity contribution in [3.05, 3.63) is 35.9 Å². The fourth-order valence-corrected chi connectivity index (χ4v) is 4.65. The van der Waals surface area contributed by atoms with Gasteiger partial charge in [-0.2, -0.15) is 0 Å². The minimum absolute atomic E-state index is 0.0131. The molecule has 4 fully saturated rings. The van der Waals surface area contributed by atoms with E-state index in [0.29, 0.717) is 12.2 Å². The molecule has 0 radical (unpaired) electrons. The predicted molar refractivity (Wildman–Crippen MR) is 76.3 cm³/mol. The molecule has 4 aliphatic rings. The first-order chi connectivity index (χ1) is 10.2. The summed E-state index contributed by atoms with van der Waals surface area (Å²) in [4.78, 5) is 24.5. The monoisotopic (exact) mass is 285 g/mol. The summed E-state index contributed by atoms with van der Waals surface area (Å²) in [6.45, 7) is -0.0799. The quantitative estimate of drug-likeness (QED) is 0.846. The van der Waals surface area contributed by atoms with E-state index in [-0.39, 0.29) is 36.3 Å². The minimum Gasteiger partial charge on any atom is -0.394 e. The van der Waals surface area contributed by atoms with E-state index >= 15 is 0 Å². The van der Waals surface area contributed by atoms with E-state index in [1.807, 2.05) is 30.3 Å². The Hall–Kier alpha value is -1.68. The second-order valence-corrected chi connectivity index (χ2v) is 6.71. The maximum Gasteiger partial charge on any atom is 0.227 e. The van der Waals surface area contributed by atoms with Crippen LogP contribution in [0.3, 0.4) is 0 Å². The molecule has 0 spiro atoms. The number of rotatable bonds is 5. The number of hydrogen-bond acceptors (Lipinski definition) is 3. The standard InChI is InChI=1S/C17H19NO3/c19-9-12(6-10-4-2-1-3-5-10)18-16(21)17-8-11-7-13(17)14(17)15(11)20/h1-5,11-14,19H,6-9H2,(H,18,21)/t11-,12+,13-,14-,17+/m0/s1. The van der Waals surface area contributed by atoms with Crippen LogP contribution in [-0.4, -0.2) is 29.4 Å². The molecule has 5 atom stereocenters. The van der Waals surface area contributed by atoms with Crippen LogP contribution in [0.15, 0.2) is 30.3 Å². The Kier molecular flexibility index (Phi) is 2.73. The largest absolute Gasteiger partial charge is 0.394 e. The van der Waals surface area contributed by atoms with E-state index < -0.39 is 5.41 Å². The summed E-state index contributed by atoms with van der Waals surface area (Å²) in [5, 5.41) is 12.5. The zero-order valence-corrected chi connectivity index (χ0v) is 11.8. The molecule has 0 aromatic heterocycles. The smallest absolute Gasteiger partial charge is 0.227 e. The molecule has 0 saturated heterocycles. The lowest BCUT2D eigenvalue weighted by atomic mass is 10.0. The average molecular weight is 285 g/mol. The van der Waals surface area contributed by atoms with E-state index in [4.69, 9.17) is 0 Å². The molecule has 4 saturated carbocycles. The molecule has 5 rings (SSSR count). The number of hydrogen-bond donors (Lipinski definition) is 2. The normalized spacial score (nSPS) is 36.6. The maximum absolute atomic E-state index is 12.6. The van der Waals surface area contributed by atoms with E-state index in [2.05, 4.69) is 5.32 Å². The number of ketones is 1. The molecule has 4 bridgehead atoms. The van der Waals surface area contributed by atoms with Gasteiger partial charge >= 0.3 is 0 Å². The van der Waals surface area contributed by atoms with E-state index in [0.717, 1.165) is 18.4 Å². The first-order valence-corrected chi connectivity index (χ1v) is 7.66. The van der Waals surface area contributed by atoms with E-state index in [9.17, 15) is 14.7 Å². The van der Waals surface area contributed by atoms with Gasteiger partial charge in [-0.3, -0.25) is 9.59 Å². The Morgan fingerprint density at radius 1 is 1.38 bits per heavy atom. The summed E-state index contributed by atoms with van der Waals surface area (Å²) >= 11 is 0. The molecule has 2 N–H and O–H groups in total. The maximum atomic E-state index is 12.6. The van der Waals surface area contributed by atoms with Crippen molar-refractivity contribution >= 4 is 11.7 Å². The Balaban J connectivity index is 1.44. The molecule has 110 valence electrons. The number of amides is 1. The zero-order chi connectivity index (χ0) is 14.6. The van der Waals surface area contributed by atoms with Crippen molar-refractivity contribution in [1.29, 1.82) is 0 Å². The van der Waals surface area contributed by atoms with Crippen LogP contribution >= 0.6 is 0 Å². The van der Waals surface area contributed by atoms with Crippen molar-refractivity contribution < 1.29 is 14.7 Å². The van der Waals surface area contributed by atoms with Crippen molar-refractivity contribution in [2.45, 2.75) is 25.3 Å². The third kappa shape index (κ3) is 1.72. The fourth-order valence-electron chi connectivity index (χ4n) is 4.65. The number of nitrogens with one attached hydrogen (secondary N) is 1. The third-order valence-corrected chi connectivity index (χ3v) is 5.64. The fraction of sp³-hybridized carbons (Fsp3) is 0.529. The molecule has 0 heterocycles. The van der Waals surface area contributed by atoms with Gasteiger partial charge in [0.05, 0.1) is 18.1 Å². The Morgan fingerprint density at radius 3 is 2.67 bits per heavy atom. The topological polar surface area (TPSA) is 66.4 Å². The van der Waals surface area contributed by atoms with Gasteiger partial charge in [0.1, 0.15) is 5.78 Å². The van der Waals surface area contributed by atoms with E-state index in [1.165, 1.54) is 0 Å². The summed E-state index contributed by atoms with van der Waals surface area (Å²) < 4.78 is 0. The van der Waals surface area contributed by atoms with Gasteiger partial charge in [-0.1, -0.05) is 30.3 Å². The van der Waals surface area contributed by atoms with E-state index in [1.54, 1.807) is 0 Å². The highest BCUT2D eigenvalue weighted by Crippen LogP contribution is 2.77. The van der Waals surface area contributed by atoms with Crippen LogP contribution in [0, 0.1) is 23.2 Å². The molecule has 0 unspecified atom stereocenters. The number of benzene rings is 1. The van der Waals surface area contributed by atoms with Crippen LogP contribution in [0.1, 0.15) is 18.4 Å².